The third kappa shape index (κ3) is 1.98. The van der Waals surface area contributed by atoms with Crippen LogP contribution in [0.4, 0.5) is 0 Å². The molecule has 0 aliphatic heterocycles. The average Bonchev–Trinajstić information content (AvgIpc) is 2.21. The second-order valence-corrected chi connectivity index (χ2v) is 6.00. The lowest BCUT2D eigenvalue weighted by molar-refractivity contribution is -0.134. The van der Waals surface area contributed by atoms with Gasteiger partial charge < -0.3 is 9.84 Å². The second kappa shape index (κ2) is 4.04. The van der Waals surface area contributed by atoms with E-state index in [1.165, 1.54) is 0 Å². The van der Waals surface area contributed by atoms with Crippen LogP contribution in [0, 0.1) is 12.3 Å². The number of hydrogen-bond donors (Lipinski definition) is 1. The Morgan fingerprint density at radius 3 is 2.62 bits per heavy atom. The number of halogens is 1. The van der Waals surface area contributed by atoms with Gasteiger partial charge in [-0.2, -0.15) is 0 Å². The first-order chi connectivity index (χ1) is 7.41. The molecule has 1 aliphatic rings. The molecule has 1 saturated carbocycles. The number of ether oxygens (including phenoxy) is 1. The van der Waals surface area contributed by atoms with Crippen molar-refractivity contribution in [3.8, 4) is 5.75 Å². The maximum Gasteiger partial charge on any atom is 0.122 e. The smallest absolute Gasteiger partial charge is 0.122 e. The molecular formula is C13H17BrO2. The molecule has 0 amide bonds. The summed E-state index contributed by atoms with van der Waals surface area (Å²) in [5.74, 6) is 0.910. The van der Waals surface area contributed by atoms with Gasteiger partial charge in [0.05, 0.1) is 6.10 Å². The van der Waals surface area contributed by atoms with Gasteiger partial charge in [-0.25, -0.2) is 0 Å². The lowest BCUT2D eigenvalue weighted by atomic mass is 9.66. The van der Waals surface area contributed by atoms with Gasteiger partial charge in [0.1, 0.15) is 11.9 Å². The van der Waals surface area contributed by atoms with Crippen LogP contribution < -0.4 is 4.74 Å². The van der Waals surface area contributed by atoms with Crippen LogP contribution in [-0.2, 0) is 0 Å². The second-order valence-electron chi connectivity index (χ2n) is 5.09. The Balaban J connectivity index is 2.11. The molecule has 1 fully saturated rings. The van der Waals surface area contributed by atoms with Crippen molar-refractivity contribution < 1.29 is 9.84 Å². The molecule has 1 N–H and O–H groups in total. The van der Waals surface area contributed by atoms with Crippen LogP contribution in [0.3, 0.4) is 0 Å². The van der Waals surface area contributed by atoms with Crippen molar-refractivity contribution in [1.29, 1.82) is 0 Å². The quantitative estimate of drug-likeness (QED) is 0.903. The van der Waals surface area contributed by atoms with E-state index in [1.807, 2.05) is 39.0 Å². The summed E-state index contributed by atoms with van der Waals surface area (Å²) >= 11 is 3.43. The number of aryl methyl sites for hydroxylation is 1. The van der Waals surface area contributed by atoms with E-state index in [2.05, 4.69) is 15.9 Å². The maximum atomic E-state index is 9.65. The van der Waals surface area contributed by atoms with Crippen LogP contribution in [0.2, 0.25) is 0 Å². The first kappa shape index (κ1) is 11.9. The summed E-state index contributed by atoms with van der Waals surface area (Å²) in [7, 11) is 0. The molecule has 16 heavy (non-hydrogen) atoms. The molecule has 0 heterocycles. The third-order valence-corrected chi connectivity index (χ3v) is 4.03. The van der Waals surface area contributed by atoms with E-state index in [-0.39, 0.29) is 17.6 Å². The van der Waals surface area contributed by atoms with Gasteiger partial charge in [0, 0.05) is 16.3 Å². The fourth-order valence-electron chi connectivity index (χ4n) is 1.96. The summed E-state index contributed by atoms with van der Waals surface area (Å²) in [5, 5.41) is 9.65. The molecule has 2 rings (SSSR count). The van der Waals surface area contributed by atoms with Crippen molar-refractivity contribution >= 4 is 15.9 Å². The number of hydrogen-bond acceptors (Lipinski definition) is 2. The zero-order valence-electron chi connectivity index (χ0n) is 9.83. The van der Waals surface area contributed by atoms with Crippen LogP contribution >= 0.6 is 15.9 Å². The molecule has 0 aromatic heterocycles. The molecular weight excluding hydrogens is 268 g/mol. The molecule has 1 aliphatic carbocycles. The Bertz CT molecular complexity index is 401. The molecule has 1 aromatic rings. The normalized spacial score (nSPS) is 27.3. The Morgan fingerprint density at radius 1 is 1.44 bits per heavy atom. The average molecular weight is 285 g/mol. The minimum Gasteiger partial charge on any atom is -0.489 e. The minimum atomic E-state index is -0.242. The van der Waals surface area contributed by atoms with Crippen LogP contribution in [0.5, 0.6) is 5.75 Å². The van der Waals surface area contributed by atoms with Gasteiger partial charge in [-0.05, 0) is 30.7 Å². The monoisotopic (exact) mass is 284 g/mol. The Kier molecular flexibility index (Phi) is 3.01. The van der Waals surface area contributed by atoms with Gasteiger partial charge in [-0.1, -0.05) is 29.8 Å². The van der Waals surface area contributed by atoms with Crippen molar-refractivity contribution in [1.82, 2.24) is 0 Å². The summed E-state index contributed by atoms with van der Waals surface area (Å²) in [6.07, 6.45) is 0.596. The van der Waals surface area contributed by atoms with Gasteiger partial charge in [-0.3, -0.25) is 0 Å². The molecule has 3 heteroatoms. The number of aliphatic hydroxyl groups is 1. The van der Waals surface area contributed by atoms with Crippen LogP contribution in [-0.4, -0.2) is 17.3 Å². The van der Waals surface area contributed by atoms with Crippen LogP contribution in [0.15, 0.2) is 22.7 Å². The summed E-state index contributed by atoms with van der Waals surface area (Å²) in [6.45, 7) is 6.11. The highest BCUT2D eigenvalue weighted by Crippen LogP contribution is 2.43. The van der Waals surface area contributed by atoms with Gasteiger partial charge in [0.2, 0.25) is 0 Å². The van der Waals surface area contributed by atoms with Crippen LogP contribution in [0.1, 0.15) is 25.8 Å². The molecule has 1 aromatic carbocycles. The van der Waals surface area contributed by atoms with E-state index in [0.29, 0.717) is 0 Å². The Labute approximate surface area is 105 Å². The molecule has 2 unspecified atom stereocenters. The van der Waals surface area contributed by atoms with Gasteiger partial charge in [-0.15, -0.1) is 0 Å². The molecule has 0 saturated heterocycles. The zero-order valence-corrected chi connectivity index (χ0v) is 11.4. The van der Waals surface area contributed by atoms with Crippen molar-refractivity contribution in [3.05, 3.63) is 28.2 Å². The first-order valence-electron chi connectivity index (χ1n) is 5.52. The van der Waals surface area contributed by atoms with Gasteiger partial charge in [0.25, 0.3) is 0 Å². The highest BCUT2D eigenvalue weighted by molar-refractivity contribution is 9.10. The van der Waals surface area contributed by atoms with Crippen molar-refractivity contribution in [3.63, 3.8) is 0 Å². The maximum absolute atomic E-state index is 9.65. The third-order valence-electron chi connectivity index (χ3n) is 3.53. The summed E-state index contributed by atoms with van der Waals surface area (Å²) in [6, 6.07) is 5.99. The highest BCUT2D eigenvalue weighted by Gasteiger charge is 2.49. The number of aliphatic hydroxyl groups excluding tert-OH is 1. The summed E-state index contributed by atoms with van der Waals surface area (Å²) in [5.41, 5.74) is 0.978. The highest BCUT2D eigenvalue weighted by atomic mass is 79.9. The van der Waals surface area contributed by atoms with Crippen molar-refractivity contribution in [2.24, 2.45) is 5.41 Å². The SMILES string of the molecule is Cc1cc(Br)ccc1OC1CC(O)C1(C)C. The van der Waals surface area contributed by atoms with Crippen molar-refractivity contribution in [2.45, 2.75) is 39.4 Å². The van der Waals surface area contributed by atoms with Gasteiger partial charge in [0.15, 0.2) is 0 Å². The topological polar surface area (TPSA) is 29.5 Å². The van der Waals surface area contributed by atoms with Crippen LogP contribution in [0.25, 0.3) is 0 Å². The minimum absolute atomic E-state index is 0.113. The number of benzene rings is 1. The molecule has 2 atom stereocenters. The Morgan fingerprint density at radius 2 is 2.12 bits per heavy atom. The van der Waals surface area contributed by atoms with E-state index in [0.717, 1.165) is 22.2 Å². The lowest BCUT2D eigenvalue weighted by Crippen LogP contribution is -2.56. The molecule has 2 nitrogen and oxygen atoms in total. The fraction of sp³-hybridized carbons (Fsp3) is 0.538. The predicted molar refractivity (Wildman–Crippen MR) is 67.7 cm³/mol. The van der Waals surface area contributed by atoms with Gasteiger partial charge >= 0.3 is 0 Å². The molecule has 0 bridgehead atoms. The number of rotatable bonds is 2. The molecule has 0 radical (unpaired) electrons. The Hall–Kier alpha value is -0.540. The predicted octanol–water partition coefficient (Wildman–Crippen LogP) is 3.30. The summed E-state index contributed by atoms with van der Waals surface area (Å²) < 4.78 is 7.00. The zero-order chi connectivity index (χ0) is 11.9. The van der Waals surface area contributed by atoms with Crippen molar-refractivity contribution in [2.75, 3.05) is 0 Å². The lowest BCUT2D eigenvalue weighted by Gasteiger charge is -2.48. The van der Waals surface area contributed by atoms with E-state index >= 15 is 0 Å². The molecule has 0 spiro atoms. The van der Waals surface area contributed by atoms with E-state index in [1.54, 1.807) is 0 Å². The summed E-state index contributed by atoms with van der Waals surface area (Å²) in [4.78, 5) is 0. The standard InChI is InChI=1S/C13H17BrO2/c1-8-6-9(14)4-5-10(8)16-12-7-11(15)13(12,2)3/h4-6,11-12,15H,7H2,1-3H3. The fourth-order valence-corrected chi connectivity index (χ4v) is 2.44. The van der Waals surface area contributed by atoms with E-state index in [4.69, 9.17) is 4.74 Å². The molecule has 88 valence electrons. The van der Waals surface area contributed by atoms with E-state index in [9.17, 15) is 5.11 Å². The first-order valence-corrected chi connectivity index (χ1v) is 6.31. The largest absolute Gasteiger partial charge is 0.489 e. The van der Waals surface area contributed by atoms with E-state index < -0.39 is 0 Å².